The molecule has 5 heteroatoms. The van der Waals surface area contributed by atoms with E-state index in [2.05, 4.69) is 34.5 Å². The fourth-order valence-electron chi connectivity index (χ4n) is 2.41. The third-order valence-electron chi connectivity index (χ3n) is 3.68. The zero-order valence-electron chi connectivity index (χ0n) is 12.5. The van der Waals surface area contributed by atoms with Crippen molar-refractivity contribution in [3.8, 4) is 0 Å². The van der Waals surface area contributed by atoms with E-state index in [0.717, 1.165) is 19.7 Å². The van der Waals surface area contributed by atoms with Gasteiger partial charge in [-0.3, -0.25) is 0 Å². The number of imidazole rings is 1. The molecule has 0 spiro atoms. The number of piperidine rings is 1. The lowest BCUT2D eigenvalue weighted by molar-refractivity contribution is 0.0838. The number of nitrogens with one attached hydrogen (secondary N) is 1. The first-order valence-corrected chi connectivity index (χ1v) is 11.1. The van der Waals surface area contributed by atoms with Crippen molar-refractivity contribution in [1.82, 2.24) is 14.9 Å². The second kappa shape index (κ2) is 6.68. The highest BCUT2D eigenvalue weighted by Crippen LogP contribution is 2.23. The predicted molar refractivity (Wildman–Crippen MR) is 81.2 cm³/mol. The minimum atomic E-state index is -0.983. The summed E-state index contributed by atoms with van der Waals surface area (Å²) in [6.07, 6.45) is 6.32. The van der Waals surface area contributed by atoms with Gasteiger partial charge in [-0.2, -0.15) is 0 Å². The Bertz CT molecular complexity index is 380. The van der Waals surface area contributed by atoms with Crippen molar-refractivity contribution in [2.75, 3.05) is 19.7 Å². The highest BCUT2D eigenvalue weighted by molar-refractivity contribution is 6.76. The minimum absolute atomic E-state index is 0.594. The van der Waals surface area contributed by atoms with Crippen LogP contribution in [0.1, 0.15) is 24.6 Å². The molecular weight excluding hydrogens is 254 g/mol. The minimum Gasteiger partial charge on any atom is -0.361 e. The summed E-state index contributed by atoms with van der Waals surface area (Å²) in [5.41, 5.74) is 0. The molecule has 0 atom stereocenters. The van der Waals surface area contributed by atoms with Crippen LogP contribution in [0.4, 0.5) is 0 Å². The molecule has 1 aromatic rings. The molecule has 1 saturated heterocycles. The van der Waals surface area contributed by atoms with Gasteiger partial charge in [-0.1, -0.05) is 19.6 Å². The van der Waals surface area contributed by atoms with E-state index in [1.54, 1.807) is 0 Å². The second-order valence-electron chi connectivity index (χ2n) is 6.63. The van der Waals surface area contributed by atoms with E-state index in [0.29, 0.717) is 12.6 Å². The molecule has 108 valence electrons. The summed E-state index contributed by atoms with van der Waals surface area (Å²) in [4.78, 5) is 4.53. The molecule has 1 aromatic heterocycles. The Kier molecular flexibility index (Phi) is 5.18. The van der Waals surface area contributed by atoms with Crippen LogP contribution in [0, 0.1) is 0 Å². The number of nitrogens with zero attached hydrogens (tertiary/aromatic N) is 2. The fraction of sp³-hybridized carbons (Fsp3) is 0.786. The van der Waals surface area contributed by atoms with E-state index < -0.39 is 8.07 Å². The third kappa shape index (κ3) is 4.74. The third-order valence-corrected chi connectivity index (χ3v) is 5.38. The smallest absolute Gasteiger partial charge is 0.123 e. The van der Waals surface area contributed by atoms with Gasteiger partial charge in [0.2, 0.25) is 0 Å². The topological polar surface area (TPSA) is 39.1 Å². The van der Waals surface area contributed by atoms with E-state index in [-0.39, 0.29) is 0 Å². The van der Waals surface area contributed by atoms with Crippen LogP contribution in [-0.2, 0) is 11.5 Å². The average Bonchev–Trinajstić information content (AvgIpc) is 2.83. The Morgan fingerprint density at radius 3 is 2.79 bits per heavy atom. The molecule has 0 radical (unpaired) electrons. The van der Waals surface area contributed by atoms with Gasteiger partial charge in [-0.15, -0.1) is 0 Å². The fourth-order valence-corrected chi connectivity index (χ4v) is 3.17. The van der Waals surface area contributed by atoms with Crippen LogP contribution < -0.4 is 5.32 Å². The Labute approximate surface area is 117 Å². The molecule has 19 heavy (non-hydrogen) atoms. The SMILES string of the molecule is C[Si](C)(C)CCOCn1ccnc1C1CCNCC1. The Hall–Kier alpha value is -0.653. The van der Waals surface area contributed by atoms with Gasteiger partial charge in [0.15, 0.2) is 0 Å². The predicted octanol–water partition coefficient (Wildman–Crippen LogP) is 2.66. The summed E-state index contributed by atoms with van der Waals surface area (Å²) in [6.45, 7) is 10.9. The van der Waals surface area contributed by atoms with Crippen LogP contribution >= 0.6 is 0 Å². The zero-order chi connectivity index (χ0) is 13.7. The van der Waals surface area contributed by atoms with Gasteiger partial charge in [-0.25, -0.2) is 4.98 Å². The maximum atomic E-state index is 5.83. The molecule has 2 rings (SSSR count). The van der Waals surface area contributed by atoms with E-state index in [4.69, 9.17) is 4.74 Å². The molecule has 0 bridgehead atoms. The average molecular weight is 281 g/mol. The van der Waals surface area contributed by atoms with Gasteiger partial charge in [0.25, 0.3) is 0 Å². The number of hydrogen-bond acceptors (Lipinski definition) is 3. The van der Waals surface area contributed by atoms with E-state index >= 15 is 0 Å². The van der Waals surface area contributed by atoms with Crippen molar-refractivity contribution >= 4 is 8.07 Å². The zero-order valence-corrected chi connectivity index (χ0v) is 13.5. The molecule has 0 saturated carbocycles. The van der Waals surface area contributed by atoms with Gasteiger partial charge >= 0.3 is 0 Å². The second-order valence-corrected chi connectivity index (χ2v) is 12.2. The largest absolute Gasteiger partial charge is 0.361 e. The van der Waals surface area contributed by atoms with E-state index in [1.165, 1.54) is 24.7 Å². The quantitative estimate of drug-likeness (QED) is 0.643. The van der Waals surface area contributed by atoms with Crippen molar-refractivity contribution in [3.63, 3.8) is 0 Å². The van der Waals surface area contributed by atoms with Crippen molar-refractivity contribution in [3.05, 3.63) is 18.2 Å². The molecule has 1 aliphatic rings. The van der Waals surface area contributed by atoms with Crippen LogP contribution in [-0.4, -0.2) is 37.3 Å². The molecule has 0 amide bonds. The first-order chi connectivity index (χ1) is 9.06. The molecule has 1 N–H and O–H groups in total. The van der Waals surface area contributed by atoms with Gasteiger partial charge in [-0.05, 0) is 32.0 Å². The Morgan fingerprint density at radius 2 is 2.11 bits per heavy atom. The van der Waals surface area contributed by atoms with Crippen LogP contribution in [0.25, 0.3) is 0 Å². The molecular formula is C14H27N3OSi. The molecule has 0 unspecified atom stereocenters. The van der Waals surface area contributed by atoms with Crippen molar-refractivity contribution in [2.24, 2.45) is 0 Å². The summed E-state index contributed by atoms with van der Waals surface area (Å²) in [7, 11) is -0.983. The Balaban J connectivity index is 1.82. The van der Waals surface area contributed by atoms with Crippen molar-refractivity contribution in [1.29, 1.82) is 0 Å². The monoisotopic (exact) mass is 281 g/mol. The standard InChI is InChI=1S/C14H27N3OSi/c1-19(2,3)11-10-18-12-17-9-8-16-14(17)13-4-6-15-7-5-13/h8-9,13,15H,4-7,10-12H2,1-3H3. The summed E-state index contributed by atoms with van der Waals surface area (Å²) in [5, 5.41) is 3.40. The Morgan fingerprint density at radius 1 is 1.37 bits per heavy atom. The lowest BCUT2D eigenvalue weighted by atomic mass is 9.97. The number of ether oxygens (including phenoxy) is 1. The van der Waals surface area contributed by atoms with Crippen LogP contribution in [0.5, 0.6) is 0 Å². The van der Waals surface area contributed by atoms with Crippen molar-refractivity contribution < 1.29 is 4.74 Å². The summed E-state index contributed by atoms with van der Waals surface area (Å²) in [6, 6.07) is 1.23. The van der Waals surface area contributed by atoms with Gasteiger partial charge in [0.05, 0.1) is 0 Å². The number of hydrogen-bond donors (Lipinski definition) is 1. The highest BCUT2D eigenvalue weighted by atomic mass is 28.3. The normalized spacial score (nSPS) is 17.8. The highest BCUT2D eigenvalue weighted by Gasteiger charge is 2.19. The molecule has 4 nitrogen and oxygen atoms in total. The maximum Gasteiger partial charge on any atom is 0.123 e. The van der Waals surface area contributed by atoms with Crippen LogP contribution in [0.2, 0.25) is 25.7 Å². The summed E-state index contributed by atoms with van der Waals surface area (Å²) < 4.78 is 8.01. The van der Waals surface area contributed by atoms with Gasteiger partial charge in [0.1, 0.15) is 12.6 Å². The molecule has 2 heterocycles. The molecule has 1 fully saturated rings. The molecule has 1 aliphatic heterocycles. The molecule has 0 aromatic carbocycles. The van der Waals surface area contributed by atoms with Crippen LogP contribution in [0.15, 0.2) is 12.4 Å². The maximum absolute atomic E-state index is 5.83. The van der Waals surface area contributed by atoms with Crippen LogP contribution in [0.3, 0.4) is 0 Å². The number of aromatic nitrogens is 2. The van der Waals surface area contributed by atoms with Gasteiger partial charge in [0, 0.05) is 33.0 Å². The summed E-state index contributed by atoms with van der Waals surface area (Å²) in [5.74, 6) is 1.80. The lowest BCUT2D eigenvalue weighted by Gasteiger charge is -2.23. The lowest BCUT2D eigenvalue weighted by Crippen LogP contribution is -2.28. The van der Waals surface area contributed by atoms with Crippen molar-refractivity contribution in [2.45, 2.75) is 51.2 Å². The van der Waals surface area contributed by atoms with E-state index in [1.807, 2.05) is 12.4 Å². The van der Waals surface area contributed by atoms with Gasteiger partial charge < -0.3 is 14.6 Å². The first kappa shape index (κ1) is 14.7. The number of rotatable bonds is 6. The first-order valence-electron chi connectivity index (χ1n) is 7.36. The summed E-state index contributed by atoms with van der Waals surface area (Å²) >= 11 is 0. The van der Waals surface area contributed by atoms with E-state index in [9.17, 15) is 0 Å². The molecule has 0 aliphatic carbocycles.